The van der Waals surface area contributed by atoms with E-state index in [4.69, 9.17) is 62.5 Å². The van der Waals surface area contributed by atoms with Crippen molar-refractivity contribution in [1.82, 2.24) is 14.7 Å². The van der Waals surface area contributed by atoms with Crippen molar-refractivity contribution in [2.24, 2.45) is 16.6 Å². The fourth-order valence-corrected chi connectivity index (χ4v) is 10.4. The van der Waals surface area contributed by atoms with Gasteiger partial charge in [0, 0.05) is 56.1 Å². The van der Waals surface area contributed by atoms with E-state index < -0.39 is 66.4 Å². The highest BCUT2D eigenvalue weighted by Gasteiger charge is 2.37. The highest BCUT2D eigenvalue weighted by atomic mass is 32.2. The molecule has 0 aromatic heterocycles. The molecule has 2 aliphatic heterocycles. The Bertz CT molecular complexity index is 2920. The summed E-state index contributed by atoms with van der Waals surface area (Å²) in [7, 11) is -9.45. The molecule has 0 saturated carbocycles. The van der Waals surface area contributed by atoms with Crippen molar-refractivity contribution in [2.45, 2.75) is 49.3 Å². The van der Waals surface area contributed by atoms with Crippen molar-refractivity contribution >= 4 is 55.5 Å². The van der Waals surface area contributed by atoms with Gasteiger partial charge in [0.1, 0.15) is 5.84 Å². The van der Waals surface area contributed by atoms with E-state index in [2.05, 4.69) is 15.0 Å². The number of ether oxygens (including phenoxy) is 11. The summed E-state index contributed by atoms with van der Waals surface area (Å²) in [4.78, 5) is 45.6. The Morgan fingerprint density at radius 3 is 1.60 bits per heavy atom. The van der Waals surface area contributed by atoms with Crippen molar-refractivity contribution < 1.29 is 110 Å². The number of amidine groups is 1. The van der Waals surface area contributed by atoms with Gasteiger partial charge in [0.2, 0.25) is 33.3 Å². The number of nitrogens with zero attached hydrogens (tertiary/aromatic N) is 3. The van der Waals surface area contributed by atoms with E-state index in [0.717, 1.165) is 12.0 Å². The third kappa shape index (κ3) is 24.7. The minimum atomic E-state index is -5.66. The Hall–Kier alpha value is -5.62. The second-order valence-corrected chi connectivity index (χ2v) is 22.4. The summed E-state index contributed by atoms with van der Waals surface area (Å²) < 4.78 is 174. The number of amides is 2. The van der Waals surface area contributed by atoms with E-state index in [1.165, 1.54) is 9.37 Å². The van der Waals surface area contributed by atoms with Gasteiger partial charge in [-0.1, -0.05) is 31.2 Å². The summed E-state index contributed by atoms with van der Waals surface area (Å²) in [6, 6.07) is 12.2. The van der Waals surface area contributed by atoms with E-state index in [1.807, 2.05) is 38.1 Å². The second-order valence-electron chi connectivity index (χ2n) is 19.1. The van der Waals surface area contributed by atoms with Crippen molar-refractivity contribution in [1.29, 1.82) is 0 Å². The van der Waals surface area contributed by atoms with Crippen molar-refractivity contribution in [3.8, 4) is 16.9 Å². The average Bonchev–Trinajstić information content (AvgIpc) is 1.11. The number of esters is 1. The van der Waals surface area contributed by atoms with E-state index in [1.54, 1.807) is 24.3 Å². The minimum absolute atomic E-state index is 0.0111. The van der Waals surface area contributed by atoms with Gasteiger partial charge in [-0.25, -0.2) is 27.3 Å². The van der Waals surface area contributed by atoms with Gasteiger partial charge in [-0.3, -0.25) is 23.8 Å². The minimum Gasteiger partial charge on any atom is -0.420 e. The Morgan fingerprint density at radius 2 is 1.13 bits per heavy atom. The van der Waals surface area contributed by atoms with E-state index in [-0.39, 0.29) is 94.0 Å². The molecule has 31 heteroatoms. The lowest BCUT2D eigenvalue weighted by Crippen LogP contribution is -2.53. The molecule has 3 aromatic rings. The molecule has 2 aliphatic rings. The Labute approximate surface area is 503 Å². The summed E-state index contributed by atoms with van der Waals surface area (Å²) in [6.45, 7) is 10.9. The number of carbonyl (C=O) groups excluding carboxylic acids is 3. The van der Waals surface area contributed by atoms with Crippen LogP contribution in [0.4, 0.5) is 23.2 Å². The molecule has 1 fully saturated rings. The molecule has 2 amide bonds. The number of sulfonamides is 1. The fourth-order valence-electron chi connectivity index (χ4n) is 8.10. The molecular weight excluding hydrogens is 1200 g/mol. The topological polar surface area (TPSA) is 307 Å². The Kier molecular flexibility index (Phi) is 32.1. The molecule has 0 aliphatic carbocycles. The molecule has 486 valence electrons. The number of aliphatic imine (C=N–C) groups is 1. The quantitative estimate of drug-likeness (QED) is 0.0134. The van der Waals surface area contributed by atoms with Crippen LogP contribution in [-0.4, -0.2) is 219 Å². The third-order valence-corrected chi connectivity index (χ3v) is 15.2. The van der Waals surface area contributed by atoms with Crippen LogP contribution in [0.15, 0.2) is 62.8 Å². The van der Waals surface area contributed by atoms with Crippen LogP contribution in [0, 0.1) is 29.2 Å². The first kappa shape index (κ1) is 72.1. The van der Waals surface area contributed by atoms with Crippen LogP contribution in [0.3, 0.4) is 0 Å². The van der Waals surface area contributed by atoms with Gasteiger partial charge >= 0.3 is 16.1 Å². The van der Waals surface area contributed by atoms with Crippen LogP contribution in [0.5, 0.6) is 5.75 Å². The number of nitrogens with two attached hydrogens (primary N) is 1. The summed E-state index contributed by atoms with van der Waals surface area (Å²) in [5, 5.41) is 4.21. The maximum Gasteiger partial charge on any atom is 0.313 e. The lowest BCUT2D eigenvalue weighted by atomic mass is 10.0. The van der Waals surface area contributed by atoms with Crippen molar-refractivity contribution in [3.05, 3.63) is 76.9 Å². The van der Waals surface area contributed by atoms with Crippen LogP contribution in [-0.2, 0) is 86.7 Å². The monoisotopic (exact) mass is 1280 g/mol. The summed E-state index contributed by atoms with van der Waals surface area (Å²) in [5.74, 6) is -12.9. The molecule has 87 heavy (non-hydrogen) atoms. The molecule has 0 bridgehead atoms. The number of fused-ring (bicyclic) bond motifs is 1. The number of carbonyl (C=O) groups is 3. The predicted molar refractivity (Wildman–Crippen MR) is 304 cm³/mol. The summed E-state index contributed by atoms with van der Waals surface area (Å²) >= 11 is 0. The van der Waals surface area contributed by atoms with Crippen LogP contribution in [0.1, 0.15) is 45.1 Å². The average molecular weight is 1280 g/mol. The van der Waals surface area contributed by atoms with Gasteiger partial charge in [0.05, 0.1) is 156 Å². The number of hydroxylamine groups is 2. The Morgan fingerprint density at radius 1 is 0.655 bits per heavy atom. The maximum absolute atomic E-state index is 14.0. The van der Waals surface area contributed by atoms with Gasteiger partial charge in [-0.2, -0.15) is 21.5 Å². The SMILES string of the molecule is CCCN(OCC)C(=O)C1=Cc2ccc(-c3cccc(S(=O)(=O)N4CC(CNC(=O)CCOCCOCCOCCOCCOCCOCCOCCOCCOCCOCCC(=O)Oc5c(F)c(F)c(S(=O)(=O)O)c(F)c5F)C4)c3)cc2N=C(N)C1. The number of halogens is 4. The zero-order chi connectivity index (χ0) is 63.0. The molecule has 3 aromatic carbocycles. The third-order valence-electron chi connectivity index (χ3n) is 12.5. The van der Waals surface area contributed by atoms with E-state index in [0.29, 0.717) is 135 Å². The van der Waals surface area contributed by atoms with E-state index in [9.17, 15) is 48.8 Å². The second kappa shape index (κ2) is 38.7. The standard InChI is InChI=1S/C56H77F4N5O20S2/c1-3-12-65(84-4-2)56(68)44-33-43-9-8-42(35-46(43)63-47(61)36-44)41-6-5-7-45(34-41)86(69,70)64-38-40(39-64)37-62-48(66)10-13-74-15-17-76-19-21-78-23-25-80-27-29-82-31-32-83-30-28-81-26-24-79-22-20-77-18-16-75-14-11-49(67)85-54-50(57)52(59)55(87(71,72)73)53(60)51(54)58/h5-9,33-35,40H,3-4,10-32,36-39H2,1-2H3,(H2,61,63)(H,62,66)(H,71,72,73). The first-order valence-corrected chi connectivity index (χ1v) is 31.0. The molecule has 0 unspecified atom stereocenters. The molecule has 4 N–H and O–H groups in total. The molecule has 25 nitrogen and oxygen atoms in total. The zero-order valence-corrected chi connectivity index (χ0v) is 50.3. The zero-order valence-electron chi connectivity index (χ0n) is 48.7. The Balaban J connectivity index is 0.753. The molecular formula is C56H77F4N5O20S2. The number of hydrogen-bond acceptors (Lipinski definition) is 21. The maximum atomic E-state index is 14.0. The molecule has 1 saturated heterocycles. The summed E-state index contributed by atoms with van der Waals surface area (Å²) in [6.07, 6.45) is 2.22. The van der Waals surface area contributed by atoms with Crippen LogP contribution in [0.2, 0.25) is 0 Å². The molecule has 0 radical (unpaired) electrons. The molecule has 0 spiro atoms. The number of nitrogens with one attached hydrogen (secondary N) is 1. The highest BCUT2D eigenvalue weighted by molar-refractivity contribution is 7.89. The van der Waals surface area contributed by atoms with Gasteiger partial charge in [-0.15, -0.1) is 0 Å². The summed E-state index contributed by atoms with van der Waals surface area (Å²) in [5.41, 5.74) is 9.39. The van der Waals surface area contributed by atoms with Crippen molar-refractivity contribution in [3.63, 3.8) is 0 Å². The molecule has 2 heterocycles. The first-order valence-electron chi connectivity index (χ1n) is 28.2. The van der Waals surface area contributed by atoms with Gasteiger partial charge < -0.3 is 63.2 Å². The van der Waals surface area contributed by atoms with Crippen LogP contribution >= 0.6 is 0 Å². The van der Waals surface area contributed by atoms with Gasteiger partial charge in [0.15, 0.2) is 16.5 Å². The largest absolute Gasteiger partial charge is 0.420 e. The normalized spacial score (nSPS) is 13.8. The number of hydrogen-bond donors (Lipinski definition) is 3. The van der Waals surface area contributed by atoms with Crippen LogP contribution < -0.4 is 15.8 Å². The van der Waals surface area contributed by atoms with Crippen molar-refractivity contribution in [2.75, 3.05) is 165 Å². The highest BCUT2D eigenvalue weighted by Crippen LogP contribution is 2.35. The lowest BCUT2D eigenvalue weighted by molar-refractivity contribution is -0.180. The van der Waals surface area contributed by atoms with Gasteiger partial charge in [-0.05, 0) is 48.7 Å². The molecule has 5 rings (SSSR count). The lowest BCUT2D eigenvalue weighted by Gasteiger charge is -2.38. The number of rotatable bonds is 45. The fraction of sp³-hybridized carbons (Fsp3) is 0.571. The van der Waals surface area contributed by atoms with E-state index >= 15 is 0 Å². The number of benzene rings is 3. The first-order chi connectivity index (χ1) is 41.8. The molecule has 0 atom stereocenters. The predicted octanol–water partition coefficient (Wildman–Crippen LogP) is 4.41. The van der Waals surface area contributed by atoms with Gasteiger partial charge in [0.25, 0.3) is 5.91 Å². The van der Waals surface area contributed by atoms with Crippen LogP contribution in [0.25, 0.3) is 17.2 Å². The smallest absolute Gasteiger partial charge is 0.313 e.